The molecule has 0 bridgehead atoms. The van der Waals surface area contributed by atoms with E-state index in [1.54, 1.807) is 6.92 Å². The van der Waals surface area contributed by atoms with Crippen LogP contribution in [0.4, 0.5) is 0 Å². The molecule has 68 valence electrons. The van der Waals surface area contributed by atoms with Gasteiger partial charge in [0, 0.05) is 0 Å². The summed E-state index contributed by atoms with van der Waals surface area (Å²) < 4.78 is 4.97. The molecule has 0 amide bonds. The monoisotopic (exact) mass is 170 g/mol. The zero-order chi connectivity index (χ0) is 9.35. The number of aliphatic hydroxyl groups is 1. The molecule has 0 spiro atoms. The van der Waals surface area contributed by atoms with E-state index >= 15 is 0 Å². The van der Waals surface area contributed by atoms with Gasteiger partial charge in [-0.15, -0.1) is 6.58 Å². The minimum atomic E-state index is -0.916. The van der Waals surface area contributed by atoms with Crippen LogP contribution in [0, 0.1) is 5.41 Å². The lowest BCUT2D eigenvalue weighted by molar-refractivity contribution is -0.146. The average molecular weight is 170 g/mol. The Kier molecular flexibility index (Phi) is 2.24. The van der Waals surface area contributed by atoms with Crippen molar-refractivity contribution in [1.82, 2.24) is 0 Å². The molecule has 1 aliphatic heterocycles. The Morgan fingerprint density at radius 2 is 2.42 bits per heavy atom. The normalized spacial score (nSPS) is 41.1. The summed E-state index contributed by atoms with van der Waals surface area (Å²) >= 11 is 0. The molecular formula is C9H14O3. The fourth-order valence-corrected chi connectivity index (χ4v) is 1.35. The molecule has 3 atom stereocenters. The molecule has 12 heavy (non-hydrogen) atoms. The number of esters is 1. The van der Waals surface area contributed by atoms with Crippen molar-refractivity contribution in [3.05, 3.63) is 12.7 Å². The molecule has 1 aliphatic rings. The van der Waals surface area contributed by atoms with Gasteiger partial charge in [0.25, 0.3) is 0 Å². The fraction of sp³-hybridized carbons (Fsp3) is 0.667. The molecule has 3 nitrogen and oxygen atoms in total. The Balaban J connectivity index is 2.91. The number of carbonyl (C=O) groups excluding carboxylic acids is 1. The van der Waals surface area contributed by atoms with Gasteiger partial charge in [0.1, 0.15) is 17.6 Å². The van der Waals surface area contributed by atoms with Crippen molar-refractivity contribution in [2.75, 3.05) is 0 Å². The Hall–Kier alpha value is -0.830. The highest BCUT2D eigenvalue weighted by Crippen LogP contribution is 2.36. The van der Waals surface area contributed by atoms with E-state index in [1.807, 2.05) is 6.92 Å². The maximum absolute atomic E-state index is 11.3. The summed E-state index contributed by atoms with van der Waals surface area (Å²) in [7, 11) is 0. The summed E-state index contributed by atoms with van der Waals surface area (Å²) in [6, 6.07) is 0. The number of aliphatic hydroxyl groups excluding tert-OH is 1. The lowest BCUT2D eigenvalue weighted by Gasteiger charge is -2.19. The van der Waals surface area contributed by atoms with Crippen molar-refractivity contribution >= 4 is 5.97 Å². The summed E-state index contributed by atoms with van der Waals surface area (Å²) in [4.78, 5) is 11.3. The van der Waals surface area contributed by atoms with Gasteiger partial charge in [-0.3, -0.25) is 4.79 Å². The van der Waals surface area contributed by atoms with E-state index in [9.17, 15) is 9.90 Å². The third-order valence-electron chi connectivity index (χ3n) is 2.49. The summed E-state index contributed by atoms with van der Waals surface area (Å²) in [5.74, 6) is -0.378. The minimum Gasteiger partial charge on any atom is -0.459 e. The topological polar surface area (TPSA) is 46.5 Å². The predicted octanol–water partition coefficient (Wildman–Crippen LogP) is 0.875. The molecule has 1 fully saturated rings. The Labute approximate surface area is 72.0 Å². The molecule has 1 N–H and O–H groups in total. The van der Waals surface area contributed by atoms with Crippen molar-refractivity contribution in [3.8, 4) is 0 Å². The molecule has 0 saturated carbocycles. The standard InChI is InChI=1S/C9H14O3/c1-4-6-7(10)9(3,5-2)8(11)12-6/h5-7,10H,2,4H2,1,3H3/t6-,7-,9-/m1/s1. The van der Waals surface area contributed by atoms with Gasteiger partial charge < -0.3 is 9.84 Å². The van der Waals surface area contributed by atoms with Gasteiger partial charge in [-0.2, -0.15) is 0 Å². The molecule has 0 aliphatic carbocycles. The van der Waals surface area contributed by atoms with Crippen LogP contribution in [0.25, 0.3) is 0 Å². The summed E-state index contributed by atoms with van der Waals surface area (Å²) in [5, 5.41) is 9.66. The average Bonchev–Trinajstić information content (AvgIpc) is 2.30. The quantitative estimate of drug-likeness (QED) is 0.494. The van der Waals surface area contributed by atoms with E-state index in [2.05, 4.69) is 6.58 Å². The number of rotatable bonds is 2. The second kappa shape index (κ2) is 2.90. The zero-order valence-electron chi connectivity index (χ0n) is 7.41. The Morgan fingerprint density at radius 3 is 2.67 bits per heavy atom. The van der Waals surface area contributed by atoms with Crippen molar-refractivity contribution in [1.29, 1.82) is 0 Å². The van der Waals surface area contributed by atoms with Crippen LogP contribution in [0.3, 0.4) is 0 Å². The lowest BCUT2D eigenvalue weighted by atomic mass is 9.84. The molecule has 0 unspecified atom stereocenters. The van der Waals surface area contributed by atoms with Gasteiger partial charge in [0.05, 0.1) is 0 Å². The zero-order valence-corrected chi connectivity index (χ0v) is 7.41. The fourth-order valence-electron chi connectivity index (χ4n) is 1.35. The highest BCUT2D eigenvalue weighted by Gasteiger charge is 2.50. The van der Waals surface area contributed by atoms with E-state index < -0.39 is 11.5 Å². The largest absolute Gasteiger partial charge is 0.459 e. The van der Waals surface area contributed by atoms with Crippen molar-refractivity contribution < 1.29 is 14.6 Å². The third kappa shape index (κ3) is 1.05. The van der Waals surface area contributed by atoms with Gasteiger partial charge in [-0.1, -0.05) is 13.0 Å². The van der Waals surface area contributed by atoms with Crippen molar-refractivity contribution in [2.45, 2.75) is 32.5 Å². The summed E-state index contributed by atoms with van der Waals surface area (Å²) in [5.41, 5.74) is -0.916. The maximum atomic E-state index is 11.3. The first-order chi connectivity index (χ1) is 5.56. The second-order valence-electron chi connectivity index (χ2n) is 3.28. The summed E-state index contributed by atoms with van der Waals surface area (Å²) in [6.45, 7) is 7.04. The first-order valence-electron chi connectivity index (χ1n) is 4.09. The van der Waals surface area contributed by atoms with Gasteiger partial charge in [-0.25, -0.2) is 0 Å². The molecule has 1 saturated heterocycles. The second-order valence-corrected chi connectivity index (χ2v) is 3.28. The molecule has 1 heterocycles. The number of hydrogen-bond donors (Lipinski definition) is 1. The number of carbonyl (C=O) groups is 1. The van der Waals surface area contributed by atoms with E-state index in [1.165, 1.54) is 6.08 Å². The van der Waals surface area contributed by atoms with E-state index in [4.69, 9.17) is 4.74 Å². The van der Waals surface area contributed by atoms with Gasteiger partial charge in [-0.05, 0) is 13.3 Å². The van der Waals surface area contributed by atoms with Crippen LogP contribution in [0.15, 0.2) is 12.7 Å². The third-order valence-corrected chi connectivity index (χ3v) is 2.49. The SMILES string of the molecule is C=C[C@@]1(C)C(=O)O[C@H](CC)[C@H]1O. The van der Waals surface area contributed by atoms with E-state index in [-0.39, 0.29) is 12.1 Å². The van der Waals surface area contributed by atoms with Gasteiger partial charge in [0.2, 0.25) is 0 Å². The molecule has 0 aromatic rings. The Bertz CT molecular complexity index is 212. The smallest absolute Gasteiger partial charge is 0.318 e. The van der Waals surface area contributed by atoms with Crippen LogP contribution in [0.2, 0.25) is 0 Å². The first kappa shape index (κ1) is 9.26. The predicted molar refractivity (Wildman–Crippen MR) is 44.5 cm³/mol. The number of hydrogen-bond acceptors (Lipinski definition) is 3. The number of ether oxygens (including phenoxy) is 1. The van der Waals surface area contributed by atoms with Crippen molar-refractivity contribution in [2.24, 2.45) is 5.41 Å². The van der Waals surface area contributed by atoms with Crippen LogP contribution in [0.1, 0.15) is 20.3 Å². The van der Waals surface area contributed by atoms with Gasteiger partial charge >= 0.3 is 5.97 Å². The molecule has 0 aromatic carbocycles. The maximum Gasteiger partial charge on any atom is 0.318 e. The molecule has 0 radical (unpaired) electrons. The van der Waals surface area contributed by atoms with Crippen LogP contribution in [-0.2, 0) is 9.53 Å². The minimum absolute atomic E-state index is 0.375. The molecule has 1 rings (SSSR count). The van der Waals surface area contributed by atoms with Crippen LogP contribution in [-0.4, -0.2) is 23.3 Å². The molecule has 0 aromatic heterocycles. The highest BCUT2D eigenvalue weighted by molar-refractivity contribution is 5.81. The van der Waals surface area contributed by atoms with Crippen LogP contribution < -0.4 is 0 Å². The lowest BCUT2D eigenvalue weighted by Crippen LogP contribution is -2.34. The van der Waals surface area contributed by atoms with Crippen molar-refractivity contribution in [3.63, 3.8) is 0 Å². The summed E-state index contributed by atoms with van der Waals surface area (Å²) in [6.07, 6.45) is 0.958. The van der Waals surface area contributed by atoms with Crippen LogP contribution >= 0.6 is 0 Å². The Morgan fingerprint density at radius 1 is 1.83 bits per heavy atom. The first-order valence-corrected chi connectivity index (χ1v) is 4.09. The van der Waals surface area contributed by atoms with E-state index in [0.717, 1.165) is 0 Å². The van der Waals surface area contributed by atoms with Gasteiger partial charge in [0.15, 0.2) is 0 Å². The number of cyclic esters (lactones) is 1. The molecule has 3 heteroatoms. The molecular weight excluding hydrogens is 156 g/mol. The highest BCUT2D eigenvalue weighted by atomic mass is 16.6. The van der Waals surface area contributed by atoms with E-state index in [0.29, 0.717) is 6.42 Å². The van der Waals surface area contributed by atoms with Crippen LogP contribution in [0.5, 0.6) is 0 Å².